The lowest BCUT2D eigenvalue weighted by atomic mass is 10.1. The molecular weight excluding hydrogens is 307 g/mol. The zero-order chi connectivity index (χ0) is 13.9. The van der Waals surface area contributed by atoms with Gasteiger partial charge in [-0.15, -0.1) is 0 Å². The third-order valence-electron chi connectivity index (χ3n) is 3.20. The van der Waals surface area contributed by atoms with Gasteiger partial charge in [0.05, 0.1) is 6.10 Å². The fraction of sp³-hybridized carbons (Fsp3) is 0.625. The van der Waals surface area contributed by atoms with Crippen LogP contribution in [0.15, 0.2) is 24.3 Å². The molecule has 0 aromatic heterocycles. The number of ether oxygens (including phenoxy) is 1. The molecule has 108 valence electrons. The first-order valence-electron chi connectivity index (χ1n) is 7.21. The van der Waals surface area contributed by atoms with Crippen molar-refractivity contribution < 1.29 is 9.13 Å². The third-order valence-corrected chi connectivity index (χ3v) is 3.79. The maximum Gasteiger partial charge on any atom is 0.123 e. The topological polar surface area (TPSA) is 9.23 Å². The summed E-state index contributed by atoms with van der Waals surface area (Å²) in [7, 11) is 0. The number of hydrogen-bond acceptors (Lipinski definition) is 1. The molecule has 0 aliphatic heterocycles. The van der Waals surface area contributed by atoms with Gasteiger partial charge in [0.1, 0.15) is 5.82 Å². The average molecular weight is 331 g/mol. The molecule has 0 N–H and O–H groups in total. The Morgan fingerprint density at radius 3 is 2.32 bits per heavy atom. The Balaban J connectivity index is 2.20. The minimum absolute atomic E-state index is 0.0243. The SMILES string of the molecule is CCCCCCCCOC(CBr)c1ccc(F)cc1. The van der Waals surface area contributed by atoms with Gasteiger partial charge < -0.3 is 4.74 Å². The van der Waals surface area contributed by atoms with Crippen molar-refractivity contribution in [1.29, 1.82) is 0 Å². The van der Waals surface area contributed by atoms with Crippen LogP contribution in [0.2, 0.25) is 0 Å². The number of unbranched alkanes of at least 4 members (excludes halogenated alkanes) is 5. The van der Waals surface area contributed by atoms with Gasteiger partial charge in [-0.3, -0.25) is 0 Å². The van der Waals surface area contributed by atoms with E-state index in [1.165, 1.54) is 44.2 Å². The largest absolute Gasteiger partial charge is 0.373 e. The lowest BCUT2D eigenvalue weighted by Gasteiger charge is -2.15. The second kappa shape index (κ2) is 10.4. The van der Waals surface area contributed by atoms with Crippen molar-refractivity contribution in [3.63, 3.8) is 0 Å². The zero-order valence-electron chi connectivity index (χ0n) is 11.7. The van der Waals surface area contributed by atoms with Crippen molar-refractivity contribution in [2.75, 3.05) is 11.9 Å². The fourth-order valence-corrected chi connectivity index (χ4v) is 2.58. The van der Waals surface area contributed by atoms with E-state index < -0.39 is 0 Å². The predicted molar refractivity (Wildman–Crippen MR) is 82.3 cm³/mol. The molecule has 0 heterocycles. The molecule has 1 nitrogen and oxygen atoms in total. The molecule has 19 heavy (non-hydrogen) atoms. The zero-order valence-corrected chi connectivity index (χ0v) is 13.3. The normalized spacial score (nSPS) is 12.6. The number of benzene rings is 1. The summed E-state index contributed by atoms with van der Waals surface area (Å²) in [5, 5.41) is 0.745. The molecule has 0 aliphatic carbocycles. The van der Waals surface area contributed by atoms with Gasteiger partial charge in [-0.05, 0) is 24.1 Å². The smallest absolute Gasteiger partial charge is 0.123 e. The molecular formula is C16H24BrFO. The molecule has 0 aliphatic rings. The van der Waals surface area contributed by atoms with E-state index >= 15 is 0 Å². The molecule has 1 unspecified atom stereocenters. The lowest BCUT2D eigenvalue weighted by molar-refractivity contribution is 0.0667. The highest BCUT2D eigenvalue weighted by atomic mass is 79.9. The summed E-state index contributed by atoms with van der Waals surface area (Å²) in [6.45, 7) is 3.01. The van der Waals surface area contributed by atoms with Crippen LogP contribution in [0.3, 0.4) is 0 Å². The fourth-order valence-electron chi connectivity index (χ4n) is 2.02. The summed E-state index contributed by atoms with van der Waals surface area (Å²) < 4.78 is 18.7. The molecule has 0 amide bonds. The third kappa shape index (κ3) is 7.07. The number of alkyl halides is 1. The van der Waals surface area contributed by atoms with E-state index in [9.17, 15) is 4.39 Å². The van der Waals surface area contributed by atoms with Gasteiger partial charge in [0, 0.05) is 11.9 Å². The maximum absolute atomic E-state index is 12.9. The molecule has 1 aromatic carbocycles. The second-order valence-corrected chi connectivity index (χ2v) is 5.48. The van der Waals surface area contributed by atoms with Gasteiger partial charge in [-0.25, -0.2) is 4.39 Å². The second-order valence-electron chi connectivity index (χ2n) is 4.83. The summed E-state index contributed by atoms with van der Waals surface area (Å²) in [4.78, 5) is 0. The van der Waals surface area contributed by atoms with Crippen LogP contribution in [0.1, 0.15) is 57.1 Å². The molecule has 0 radical (unpaired) electrons. The molecule has 1 aromatic rings. The first-order valence-corrected chi connectivity index (χ1v) is 8.33. The Bertz CT molecular complexity index is 326. The summed E-state index contributed by atoms with van der Waals surface area (Å²) in [6, 6.07) is 6.56. The van der Waals surface area contributed by atoms with Crippen molar-refractivity contribution in [2.45, 2.75) is 51.6 Å². The van der Waals surface area contributed by atoms with Crippen molar-refractivity contribution in [1.82, 2.24) is 0 Å². The van der Waals surface area contributed by atoms with Crippen molar-refractivity contribution in [2.24, 2.45) is 0 Å². The molecule has 1 rings (SSSR count). The van der Waals surface area contributed by atoms with Gasteiger partial charge in [0.25, 0.3) is 0 Å². The summed E-state index contributed by atoms with van der Waals surface area (Å²) in [5.74, 6) is -0.201. The van der Waals surface area contributed by atoms with Crippen molar-refractivity contribution >= 4 is 15.9 Å². The molecule has 0 spiro atoms. The van der Waals surface area contributed by atoms with Gasteiger partial charge >= 0.3 is 0 Å². The Kier molecular flexibility index (Phi) is 9.10. The summed E-state index contributed by atoms with van der Waals surface area (Å²) in [5.41, 5.74) is 1.03. The van der Waals surface area contributed by atoms with Gasteiger partial charge in [-0.2, -0.15) is 0 Å². The quantitative estimate of drug-likeness (QED) is 0.398. The molecule has 0 fully saturated rings. The Hall–Kier alpha value is -0.410. The van der Waals surface area contributed by atoms with E-state index in [4.69, 9.17) is 4.74 Å². The van der Waals surface area contributed by atoms with Crippen LogP contribution in [0.25, 0.3) is 0 Å². The van der Waals surface area contributed by atoms with E-state index in [1.54, 1.807) is 12.1 Å². The van der Waals surface area contributed by atoms with E-state index in [0.29, 0.717) is 0 Å². The van der Waals surface area contributed by atoms with Crippen LogP contribution in [0.5, 0.6) is 0 Å². The minimum atomic E-state index is -0.201. The Labute approximate surface area is 124 Å². The van der Waals surface area contributed by atoms with E-state index in [-0.39, 0.29) is 11.9 Å². The lowest BCUT2D eigenvalue weighted by Crippen LogP contribution is -2.07. The van der Waals surface area contributed by atoms with Crippen LogP contribution in [-0.4, -0.2) is 11.9 Å². The van der Waals surface area contributed by atoms with Gasteiger partial charge in [0.15, 0.2) is 0 Å². The summed E-state index contributed by atoms with van der Waals surface area (Å²) >= 11 is 3.46. The Morgan fingerprint density at radius 2 is 1.68 bits per heavy atom. The number of halogens is 2. The molecule has 3 heteroatoms. The molecule has 0 bridgehead atoms. The Morgan fingerprint density at radius 1 is 1.05 bits per heavy atom. The molecule has 0 saturated carbocycles. The first kappa shape index (κ1) is 16.6. The maximum atomic E-state index is 12.9. The van der Waals surface area contributed by atoms with Crippen LogP contribution in [0, 0.1) is 5.82 Å². The van der Waals surface area contributed by atoms with Crippen molar-refractivity contribution in [3.8, 4) is 0 Å². The van der Waals surface area contributed by atoms with Crippen LogP contribution < -0.4 is 0 Å². The van der Waals surface area contributed by atoms with Crippen LogP contribution in [0.4, 0.5) is 4.39 Å². The predicted octanol–water partition coefficient (Wildman–Crippen LogP) is 5.64. The highest BCUT2D eigenvalue weighted by molar-refractivity contribution is 9.09. The van der Waals surface area contributed by atoms with Gasteiger partial charge in [-0.1, -0.05) is 67.1 Å². The monoisotopic (exact) mass is 330 g/mol. The van der Waals surface area contributed by atoms with Crippen LogP contribution in [-0.2, 0) is 4.74 Å². The molecule has 1 atom stereocenters. The highest BCUT2D eigenvalue weighted by Crippen LogP contribution is 2.20. The van der Waals surface area contributed by atoms with E-state index in [2.05, 4.69) is 22.9 Å². The van der Waals surface area contributed by atoms with Crippen molar-refractivity contribution in [3.05, 3.63) is 35.6 Å². The number of hydrogen-bond donors (Lipinski definition) is 0. The van der Waals surface area contributed by atoms with Gasteiger partial charge in [0.2, 0.25) is 0 Å². The number of rotatable bonds is 10. The average Bonchev–Trinajstić information content (AvgIpc) is 2.43. The molecule has 0 saturated heterocycles. The van der Waals surface area contributed by atoms with E-state index in [1.807, 2.05) is 0 Å². The summed E-state index contributed by atoms with van der Waals surface area (Å²) in [6.07, 6.45) is 7.61. The first-order chi connectivity index (χ1) is 9.27. The minimum Gasteiger partial charge on any atom is -0.373 e. The highest BCUT2D eigenvalue weighted by Gasteiger charge is 2.10. The van der Waals surface area contributed by atoms with E-state index in [0.717, 1.165) is 23.9 Å². The standard InChI is InChI=1S/C16H24BrFO/c1-2-3-4-5-6-7-12-19-16(13-17)14-8-10-15(18)11-9-14/h8-11,16H,2-7,12-13H2,1H3. The van der Waals surface area contributed by atoms with Crippen LogP contribution >= 0.6 is 15.9 Å².